The van der Waals surface area contributed by atoms with Crippen LogP contribution in [0.15, 0.2) is 12.1 Å². The van der Waals surface area contributed by atoms with Gasteiger partial charge in [-0.05, 0) is 29.5 Å². The summed E-state index contributed by atoms with van der Waals surface area (Å²) in [4.78, 5) is 23.9. The van der Waals surface area contributed by atoms with Gasteiger partial charge in [-0.2, -0.15) is 0 Å². The SMILES string of the molecule is CCOC(=O)Nc1c(OC(F)(F)F)ccc(C(=O)Nc2nnnn2C)c1Cl. The Morgan fingerprint density at radius 2 is 2.00 bits per heavy atom. The van der Waals surface area contributed by atoms with Crippen LogP contribution in [0.25, 0.3) is 0 Å². The first-order chi connectivity index (χ1) is 12.6. The number of anilines is 2. The van der Waals surface area contributed by atoms with Gasteiger partial charge >= 0.3 is 12.5 Å². The zero-order chi connectivity index (χ0) is 20.2. The maximum Gasteiger partial charge on any atom is 0.573 e. The molecule has 1 aromatic carbocycles. The fraction of sp³-hybridized carbons (Fsp3) is 0.308. The standard InChI is InChI=1S/C13H12ClF3N6O4/c1-3-26-12(25)18-9-7(27-13(15,16)17)5-4-6(8(9)14)10(24)19-11-20-21-22-23(11)2/h4-5H,3H2,1-2H3,(H,18,25)(H,19,20,22,24). The van der Waals surface area contributed by atoms with Crippen LogP contribution in [-0.2, 0) is 11.8 Å². The molecule has 2 N–H and O–H groups in total. The van der Waals surface area contributed by atoms with Gasteiger partial charge in [0.05, 0.1) is 17.2 Å². The van der Waals surface area contributed by atoms with E-state index in [1.807, 2.05) is 5.32 Å². The molecule has 0 aliphatic heterocycles. The van der Waals surface area contributed by atoms with Crippen molar-refractivity contribution in [2.45, 2.75) is 13.3 Å². The lowest BCUT2D eigenvalue weighted by Gasteiger charge is -2.17. The predicted octanol–water partition coefficient (Wildman–Crippen LogP) is 2.58. The minimum atomic E-state index is -5.05. The molecule has 0 saturated carbocycles. The highest BCUT2D eigenvalue weighted by molar-refractivity contribution is 6.37. The van der Waals surface area contributed by atoms with E-state index < -0.39 is 34.8 Å². The van der Waals surface area contributed by atoms with Crippen molar-refractivity contribution in [3.8, 4) is 5.75 Å². The number of hydrogen-bond donors (Lipinski definition) is 2. The van der Waals surface area contributed by atoms with Crippen LogP contribution in [0.1, 0.15) is 17.3 Å². The minimum Gasteiger partial charge on any atom is -0.450 e. The van der Waals surface area contributed by atoms with Gasteiger partial charge in [0.25, 0.3) is 5.91 Å². The fourth-order valence-electron chi connectivity index (χ4n) is 1.83. The van der Waals surface area contributed by atoms with E-state index in [4.69, 9.17) is 11.6 Å². The maximum absolute atomic E-state index is 12.6. The van der Waals surface area contributed by atoms with Crippen LogP contribution in [0.2, 0.25) is 5.02 Å². The third-order valence-electron chi connectivity index (χ3n) is 2.92. The maximum atomic E-state index is 12.6. The van der Waals surface area contributed by atoms with Gasteiger partial charge in [0, 0.05) is 7.05 Å². The highest BCUT2D eigenvalue weighted by Crippen LogP contribution is 2.38. The number of tetrazole rings is 1. The van der Waals surface area contributed by atoms with Crippen molar-refractivity contribution in [1.82, 2.24) is 20.2 Å². The Hall–Kier alpha value is -3.09. The first kappa shape index (κ1) is 20.2. The van der Waals surface area contributed by atoms with Gasteiger partial charge in [-0.25, -0.2) is 9.48 Å². The van der Waals surface area contributed by atoms with Crippen molar-refractivity contribution in [1.29, 1.82) is 0 Å². The Bertz CT molecular complexity index is 857. The number of carbonyl (C=O) groups excluding carboxylic acids is 2. The molecule has 146 valence electrons. The molecule has 2 amide bonds. The Balaban J connectivity index is 2.40. The minimum absolute atomic E-state index is 0.0356. The third kappa shape index (κ3) is 5.20. The normalized spacial score (nSPS) is 11.0. The van der Waals surface area contributed by atoms with Crippen LogP contribution >= 0.6 is 11.6 Å². The quantitative estimate of drug-likeness (QED) is 0.780. The van der Waals surface area contributed by atoms with Crippen LogP contribution in [-0.4, -0.2) is 45.2 Å². The number of rotatable bonds is 5. The summed E-state index contributed by atoms with van der Waals surface area (Å²) in [5.41, 5.74) is -0.850. The van der Waals surface area contributed by atoms with E-state index in [1.54, 1.807) is 0 Å². The lowest BCUT2D eigenvalue weighted by atomic mass is 10.1. The molecule has 10 nitrogen and oxygen atoms in total. The van der Waals surface area contributed by atoms with E-state index in [2.05, 4.69) is 30.3 Å². The summed E-state index contributed by atoms with van der Waals surface area (Å²) < 4.78 is 47.3. The number of nitrogens with zero attached hydrogens (tertiary/aromatic N) is 4. The second-order valence-corrected chi connectivity index (χ2v) is 5.15. The highest BCUT2D eigenvalue weighted by Gasteiger charge is 2.33. The van der Waals surface area contributed by atoms with E-state index in [0.29, 0.717) is 0 Å². The third-order valence-corrected chi connectivity index (χ3v) is 3.31. The summed E-state index contributed by atoms with van der Waals surface area (Å²) in [5.74, 6) is -1.69. The van der Waals surface area contributed by atoms with Crippen LogP contribution in [0.3, 0.4) is 0 Å². The zero-order valence-electron chi connectivity index (χ0n) is 13.8. The van der Waals surface area contributed by atoms with Crippen molar-refractivity contribution in [2.24, 2.45) is 7.05 Å². The van der Waals surface area contributed by atoms with Crippen LogP contribution in [0.4, 0.5) is 29.6 Å². The van der Waals surface area contributed by atoms with Gasteiger partial charge in [-0.1, -0.05) is 16.7 Å². The van der Waals surface area contributed by atoms with E-state index in [9.17, 15) is 22.8 Å². The molecule has 0 aliphatic carbocycles. The molecule has 0 unspecified atom stereocenters. The van der Waals surface area contributed by atoms with Gasteiger partial charge in [-0.15, -0.1) is 13.2 Å². The number of hydrogen-bond acceptors (Lipinski definition) is 7. The molecule has 1 aromatic heterocycles. The van der Waals surface area contributed by atoms with Gasteiger partial charge in [-0.3, -0.25) is 15.4 Å². The molecule has 0 bridgehead atoms. The number of carbonyl (C=O) groups is 2. The molecule has 0 saturated heterocycles. The molecule has 0 spiro atoms. The molecule has 2 rings (SSSR count). The van der Waals surface area contributed by atoms with E-state index in [0.717, 1.165) is 16.8 Å². The molecule has 2 aromatic rings. The summed E-state index contributed by atoms with van der Waals surface area (Å²) in [6.45, 7) is 1.45. The smallest absolute Gasteiger partial charge is 0.450 e. The van der Waals surface area contributed by atoms with Gasteiger partial charge in [0.15, 0.2) is 5.75 Å². The first-order valence-corrected chi connectivity index (χ1v) is 7.56. The number of amides is 2. The second kappa shape index (κ2) is 8.07. The first-order valence-electron chi connectivity index (χ1n) is 7.18. The molecule has 1 heterocycles. The number of aryl methyl sites for hydroxylation is 1. The number of alkyl halides is 3. The van der Waals surface area contributed by atoms with E-state index in [1.165, 1.54) is 14.0 Å². The van der Waals surface area contributed by atoms with Gasteiger partial charge < -0.3 is 9.47 Å². The highest BCUT2D eigenvalue weighted by atomic mass is 35.5. The van der Waals surface area contributed by atoms with Crippen LogP contribution < -0.4 is 15.4 Å². The lowest BCUT2D eigenvalue weighted by molar-refractivity contribution is -0.274. The monoisotopic (exact) mass is 408 g/mol. The molecule has 14 heteroatoms. The van der Waals surface area contributed by atoms with Crippen molar-refractivity contribution >= 4 is 35.2 Å². The average molecular weight is 409 g/mol. The Kier molecular flexibility index (Phi) is 6.05. The molecule has 0 fully saturated rings. The number of halogens is 4. The number of aromatic nitrogens is 4. The summed E-state index contributed by atoms with van der Waals surface area (Å²) in [7, 11) is 1.45. The number of ether oxygens (including phenoxy) is 2. The topological polar surface area (TPSA) is 120 Å². The van der Waals surface area contributed by atoms with Crippen molar-refractivity contribution in [3.05, 3.63) is 22.7 Å². The Labute approximate surface area is 154 Å². The molecule has 27 heavy (non-hydrogen) atoms. The number of nitrogens with one attached hydrogen (secondary N) is 2. The Morgan fingerprint density at radius 1 is 1.30 bits per heavy atom. The lowest BCUT2D eigenvalue weighted by Crippen LogP contribution is -2.22. The Morgan fingerprint density at radius 3 is 2.56 bits per heavy atom. The van der Waals surface area contributed by atoms with Crippen LogP contribution in [0.5, 0.6) is 5.75 Å². The summed E-state index contributed by atoms with van der Waals surface area (Å²) >= 11 is 6.02. The van der Waals surface area contributed by atoms with Crippen LogP contribution in [0, 0.1) is 0 Å². The second-order valence-electron chi connectivity index (χ2n) is 4.77. The van der Waals surface area contributed by atoms with E-state index >= 15 is 0 Å². The largest absolute Gasteiger partial charge is 0.573 e. The number of benzene rings is 1. The van der Waals surface area contributed by atoms with Gasteiger partial charge in [0.2, 0.25) is 5.95 Å². The van der Waals surface area contributed by atoms with E-state index in [-0.39, 0.29) is 18.1 Å². The fourth-order valence-corrected chi connectivity index (χ4v) is 2.12. The predicted molar refractivity (Wildman–Crippen MR) is 85.5 cm³/mol. The van der Waals surface area contributed by atoms with Gasteiger partial charge in [0.1, 0.15) is 5.69 Å². The molecule has 0 atom stereocenters. The molecular weight excluding hydrogens is 397 g/mol. The summed E-state index contributed by atoms with van der Waals surface area (Å²) in [5, 5.41) is 14.2. The average Bonchev–Trinajstić information content (AvgIpc) is 2.95. The van der Waals surface area contributed by atoms with Crippen molar-refractivity contribution in [2.75, 3.05) is 17.2 Å². The van der Waals surface area contributed by atoms with Crippen molar-refractivity contribution < 1.29 is 32.2 Å². The zero-order valence-corrected chi connectivity index (χ0v) is 14.6. The van der Waals surface area contributed by atoms with Crippen molar-refractivity contribution in [3.63, 3.8) is 0 Å². The molecule has 0 radical (unpaired) electrons. The summed E-state index contributed by atoms with van der Waals surface area (Å²) in [6, 6.07) is 1.81. The molecular formula is C13H12ClF3N6O4. The summed E-state index contributed by atoms with van der Waals surface area (Å²) in [6.07, 6.45) is -6.14. The molecule has 0 aliphatic rings.